The molecule has 0 rings (SSSR count). The summed E-state index contributed by atoms with van der Waals surface area (Å²) in [7, 11) is 1.49. The molecule has 1 unspecified atom stereocenters. The van der Waals surface area contributed by atoms with Crippen LogP contribution in [-0.2, 0) is 23.8 Å². The molecule has 0 aromatic rings. The van der Waals surface area contributed by atoms with Crippen LogP contribution >= 0.6 is 0 Å². The Labute approximate surface area is 81.8 Å². The van der Waals surface area contributed by atoms with Gasteiger partial charge in [0.25, 0.3) is 0 Å². The summed E-state index contributed by atoms with van der Waals surface area (Å²) in [5.74, 6) is -1.72. The van der Waals surface area contributed by atoms with Crippen LogP contribution in [0.4, 0.5) is 0 Å². The fraction of sp³-hybridized carbons (Fsp3) is 0.750. The second kappa shape index (κ2) is 7.28. The first-order valence-corrected chi connectivity index (χ1v) is 4.04. The summed E-state index contributed by atoms with van der Waals surface area (Å²) in [6.07, 6.45) is -0.360. The fourth-order valence-corrected chi connectivity index (χ4v) is 0.749. The number of hydrogen-bond acceptors (Lipinski definition) is 5. The van der Waals surface area contributed by atoms with E-state index in [0.717, 1.165) is 0 Å². The molecule has 0 saturated heterocycles. The molecule has 6 nitrogen and oxygen atoms in total. The second-order valence-corrected chi connectivity index (χ2v) is 2.64. The molecule has 1 atom stereocenters. The third kappa shape index (κ3) is 7.51. The lowest BCUT2D eigenvalue weighted by Gasteiger charge is -2.11. The molecule has 0 aliphatic carbocycles. The van der Waals surface area contributed by atoms with Crippen molar-refractivity contribution in [2.24, 2.45) is 0 Å². The molecule has 0 saturated carbocycles. The van der Waals surface area contributed by atoms with Gasteiger partial charge in [0.1, 0.15) is 19.3 Å². The molecule has 0 spiro atoms. The molecular weight excluding hydrogens is 192 g/mol. The lowest BCUT2D eigenvalue weighted by atomic mass is 10.4. The van der Waals surface area contributed by atoms with Crippen LogP contribution in [-0.4, -0.2) is 50.1 Å². The Kier molecular flexibility index (Phi) is 6.69. The van der Waals surface area contributed by atoms with Gasteiger partial charge in [0, 0.05) is 7.11 Å². The van der Waals surface area contributed by atoms with E-state index in [0.29, 0.717) is 6.61 Å². The average Bonchev–Trinajstić information content (AvgIpc) is 2.03. The number of carboxylic acids is 1. The quantitative estimate of drug-likeness (QED) is 0.574. The first-order chi connectivity index (χ1) is 6.56. The van der Waals surface area contributed by atoms with E-state index in [-0.39, 0.29) is 12.7 Å². The van der Waals surface area contributed by atoms with Crippen LogP contribution in [0.1, 0.15) is 6.92 Å². The molecule has 0 aromatic carbocycles. The van der Waals surface area contributed by atoms with E-state index in [2.05, 4.69) is 4.74 Å². The van der Waals surface area contributed by atoms with E-state index >= 15 is 0 Å². The number of carboxylic acid groups (broad SMARTS) is 1. The third-order valence-electron chi connectivity index (χ3n) is 1.18. The van der Waals surface area contributed by atoms with Crippen molar-refractivity contribution in [1.29, 1.82) is 0 Å². The number of carbonyl (C=O) groups is 2. The maximum Gasteiger partial charge on any atom is 0.332 e. The van der Waals surface area contributed by atoms with Gasteiger partial charge in [-0.1, -0.05) is 0 Å². The van der Waals surface area contributed by atoms with Crippen LogP contribution in [0.2, 0.25) is 0 Å². The molecule has 0 heterocycles. The number of hydrogen-bond donors (Lipinski definition) is 1. The summed E-state index contributed by atoms with van der Waals surface area (Å²) in [4.78, 5) is 20.9. The Hall–Kier alpha value is -1.14. The minimum atomic E-state index is -1.12. The van der Waals surface area contributed by atoms with E-state index < -0.39 is 18.5 Å². The predicted octanol–water partition coefficient (Wildman–Crippen LogP) is -0.334. The topological polar surface area (TPSA) is 82.1 Å². The van der Waals surface area contributed by atoms with Crippen LogP contribution in [0.25, 0.3) is 0 Å². The molecule has 0 aliphatic rings. The number of carbonyl (C=O) groups excluding carboxylic acids is 1. The molecule has 1 N–H and O–H groups in total. The van der Waals surface area contributed by atoms with Crippen LogP contribution in [0.3, 0.4) is 0 Å². The molecule has 0 aliphatic heterocycles. The van der Waals surface area contributed by atoms with Crippen molar-refractivity contribution in [3.8, 4) is 0 Å². The number of methoxy groups -OCH3 is 1. The summed E-state index contributed by atoms with van der Waals surface area (Å²) < 4.78 is 14.0. The normalized spacial score (nSPS) is 12.1. The van der Waals surface area contributed by atoms with Crippen LogP contribution in [0.5, 0.6) is 0 Å². The monoisotopic (exact) mass is 206 g/mol. The average molecular weight is 206 g/mol. The standard InChI is InChI=1S/C8H14O6/c1-6(3-12-2)14-8(11)5-13-4-7(9)10/h6H,3-5H2,1-2H3,(H,9,10). The van der Waals surface area contributed by atoms with E-state index in [1.807, 2.05) is 0 Å². The Morgan fingerprint density at radius 3 is 2.50 bits per heavy atom. The van der Waals surface area contributed by atoms with Gasteiger partial charge in [0.15, 0.2) is 0 Å². The highest BCUT2D eigenvalue weighted by Gasteiger charge is 2.09. The minimum Gasteiger partial charge on any atom is -0.480 e. The van der Waals surface area contributed by atoms with Gasteiger partial charge in [-0.25, -0.2) is 9.59 Å². The predicted molar refractivity (Wildman–Crippen MR) is 45.9 cm³/mol. The van der Waals surface area contributed by atoms with Crippen molar-refractivity contribution in [3.63, 3.8) is 0 Å². The summed E-state index contributed by atoms with van der Waals surface area (Å²) in [5, 5.41) is 8.20. The van der Waals surface area contributed by atoms with Gasteiger partial charge in [-0.3, -0.25) is 0 Å². The molecule has 0 fully saturated rings. The molecule has 0 bridgehead atoms. The molecular formula is C8H14O6. The Balaban J connectivity index is 3.50. The Morgan fingerprint density at radius 1 is 1.36 bits per heavy atom. The van der Waals surface area contributed by atoms with Gasteiger partial charge in [-0.15, -0.1) is 0 Å². The molecule has 6 heteroatoms. The van der Waals surface area contributed by atoms with Crippen molar-refractivity contribution < 1.29 is 28.9 Å². The maximum absolute atomic E-state index is 10.9. The van der Waals surface area contributed by atoms with Crippen molar-refractivity contribution >= 4 is 11.9 Å². The van der Waals surface area contributed by atoms with Crippen LogP contribution < -0.4 is 0 Å². The van der Waals surface area contributed by atoms with Crippen molar-refractivity contribution in [2.45, 2.75) is 13.0 Å². The lowest BCUT2D eigenvalue weighted by molar-refractivity contribution is -0.158. The van der Waals surface area contributed by atoms with Crippen LogP contribution in [0.15, 0.2) is 0 Å². The lowest BCUT2D eigenvalue weighted by Crippen LogP contribution is -2.23. The van der Waals surface area contributed by atoms with Crippen molar-refractivity contribution in [2.75, 3.05) is 26.9 Å². The van der Waals surface area contributed by atoms with E-state index in [1.54, 1.807) is 6.92 Å². The number of rotatable bonds is 7. The van der Waals surface area contributed by atoms with E-state index in [1.165, 1.54) is 7.11 Å². The molecule has 0 amide bonds. The van der Waals surface area contributed by atoms with E-state index in [4.69, 9.17) is 14.6 Å². The summed E-state index contributed by atoms with van der Waals surface area (Å²) >= 11 is 0. The Morgan fingerprint density at radius 2 is 2.00 bits per heavy atom. The van der Waals surface area contributed by atoms with Gasteiger partial charge in [0.05, 0.1) is 6.61 Å². The highest BCUT2D eigenvalue weighted by molar-refractivity contribution is 5.72. The number of esters is 1. The van der Waals surface area contributed by atoms with E-state index in [9.17, 15) is 9.59 Å². The largest absolute Gasteiger partial charge is 0.480 e. The van der Waals surface area contributed by atoms with Gasteiger partial charge < -0.3 is 19.3 Å². The van der Waals surface area contributed by atoms with Gasteiger partial charge in [-0.2, -0.15) is 0 Å². The zero-order valence-electron chi connectivity index (χ0n) is 8.19. The van der Waals surface area contributed by atoms with Crippen molar-refractivity contribution in [1.82, 2.24) is 0 Å². The highest BCUT2D eigenvalue weighted by Crippen LogP contribution is 1.92. The Bertz CT molecular complexity index is 190. The van der Waals surface area contributed by atoms with Crippen molar-refractivity contribution in [3.05, 3.63) is 0 Å². The molecule has 0 radical (unpaired) electrons. The van der Waals surface area contributed by atoms with Crippen LogP contribution in [0, 0.1) is 0 Å². The van der Waals surface area contributed by atoms with Gasteiger partial charge >= 0.3 is 11.9 Å². The summed E-state index contributed by atoms with van der Waals surface area (Å²) in [6, 6.07) is 0. The smallest absolute Gasteiger partial charge is 0.332 e. The SMILES string of the molecule is COCC(C)OC(=O)COCC(=O)O. The first kappa shape index (κ1) is 12.9. The first-order valence-electron chi connectivity index (χ1n) is 4.04. The maximum atomic E-state index is 10.9. The molecule has 14 heavy (non-hydrogen) atoms. The molecule has 82 valence electrons. The van der Waals surface area contributed by atoms with Gasteiger partial charge in [0.2, 0.25) is 0 Å². The zero-order valence-corrected chi connectivity index (χ0v) is 8.19. The summed E-state index contributed by atoms with van der Waals surface area (Å²) in [6.45, 7) is 1.09. The molecule has 0 aromatic heterocycles. The fourth-order valence-electron chi connectivity index (χ4n) is 0.749. The summed E-state index contributed by atoms with van der Waals surface area (Å²) in [5.41, 5.74) is 0. The number of ether oxygens (including phenoxy) is 3. The minimum absolute atomic E-state index is 0.296. The third-order valence-corrected chi connectivity index (χ3v) is 1.18. The zero-order chi connectivity index (χ0) is 11.0. The van der Waals surface area contributed by atoms with Gasteiger partial charge in [-0.05, 0) is 6.92 Å². The highest BCUT2D eigenvalue weighted by atomic mass is 16.6. The second-order valence-electron chi connectivity index (χ2n) is 2.64. The number of aliphatic carboxylic acids is 1.